The van der Waals surface area contributed by atoms with Gasteiger partial charge in [-0.2, -0.15) is 9.97 Å². The van der Waals surface area contributed by atoms with Gasteiger partial charge in [0.05, 0.1) is 0 Å². The van der Waals surface area contributed by atoms with Crippen molar-refractivity contribution in [3.63, 3.8) is 0 Å². The summed E-state index contributed by atoms with van der Waals surface area (Å²) in [5.41, 5.74) is 1.42. The van der Waals surface area contributed by atoms with Crippen molar-refractivity contribution < 1.29 is 0 Å². The molecule has 3 fully saturated rings. The van der Waals surface area contributed by atoms with Crippen LogP contribution in [-0.2, 0) is 5.41 Å². The number of piperidine rings is 2. The smallest absolute Gasteiger partial charge is 0.232 e. The number of halogens is 1. The molecule has 3 heterocycles. The van der Waals surface area contributed by atoms with Crippen LogP contribution in [0, 0.1) is 0 Å². The summed E-state index contributed by atoms with van der Waals surface area (Å²) in [5, 5.41) is 8.22. The summed E-state index contributed by atoms with van der Waals surface area (Å²) < 4.78 is 0. The van der Waals surface area contributed by atoms with E-state index < -0.39 is 0 Å². The molecule has 1 aliphatic carbocycles. The number of benzene rings is 1. The van der Waals surface area contributed by atoms with Crippen LogP contribution in [0.4, 0.5) is 17.6 Å². The van der Waals surface area contributed by atoms with Crippen molar-refractivity contribution in [1.82, 2.24) is 15.3 Å². The van der Waals surface area contributed by atoms with E-state index in [1.54, 1.807) is 0 Å². The molecule has 2 aliphatic heterocycles. The van der Waals surface area contributed by atoms with Gasteiger partial charge in [-0.1, -0.05) is 36.6 Å². The maximum Gasteiger partial charge on any atom is 0.232 e. The molecule has 1 aromatic carbocycles. The molecule has 0 radical (unpaired) electrons. The summed E-state index contributed by atoms with van der Waals surface area (Å²) in [6.45, 7) is 6.25. The van der Waals surface area contributed by atoms with Crippen LogP contribution in [0.2, 0.25) is 5.02 Å². The van der Waals surface area contributed by atoms with Crippen molar-refractivity contribution in [3.8, 4) is 0 Å². The van der Waals surface area contributed by atoms with Crippen LogP contribution in [0.1, 0.15) is 76.7 Å². The Kier molecular flexibility index (Phi) is 8.16. The molecule has 2 saturated heterocycles. The first-order valence-corrected chi connectivity index (χ1v) is 14.5. The maximum absolute atomic E-state index is 6.16. The van der Waals surface area contributed by atoms with Gasteiger partial charge in [-0.15, -0.1) is 0 Å². The molecule has 1 saturated carbocycles. The summed E-state index contributed by atoms with van der Waals surface area (Å²) in [4.78, 5) is 14.7. The Balaban J connectivity index is 1.32. The molecule has 2 aromatic rings. The van der Waals surface area contributed by atoms with Gasteiger partial charge in [0.25, 0.3) is 0 Å². The maximum atomic E-state index is 6.16. The number of hydrogen-bond acceptors (Lipinski definition) is 5. The number of nitrogens with one attached hydrogen (secondary N) is 2. The van der Waals surface area contributed by atoms with E-state index in [1.165, 1.54) is 56.9 Å². The van der Waals surface area contributed by atoms with Crippen LogP contribution in [-0.4, -0.2) is 47.3 Å². The number of hydrogen-bond donors (Lipinski definition) is 2. The molecule has 8 heteroatoms. The summed E-state index contributed by atoms with van der Waals surface area (Å²) in [6, 6.07) is 11.0. The Bertz CT molecular complexity index is 1030. The molecular weight excluding hydrogens is 488 g/mol. The third kappa shape index (κ3) is 5.88. The minimum atomic E-state index is 0.0846. The highest BCUT2D eigenvalue weighted by atomic mass is 35.5. The molecule has 0 bridgehead atoms. The fourth-order valence-corrected chi connectivity index (χ4v) is 6.46. The van der Waals surface area contributed by atoms with Crippen molar-refractivity contribution in [3.05, 3.63) is 40.9 Å². The summed E-state index contributed by atoms with van der Waals surface area (Å²) in [7, 11) is 0. The van der Waals surface area contributed by atoms with Gasteiger partial charge in [-0.25, -0.2) is 0 Å². The predicted molar refractivity (Wildman–Crippen MR) is 155 cm³/mol. The highest BCUT2D eigenvalue weighted by molar-refractivity contribution is 7.80. The fraction of sp³-hybridized carbons (Fsp3) is 0.607. The normalized spacial score (nSPS) is 21.9. The van der Waals surface area contributed by atoms with Gasteiger partial charge < -0.3 is 20.4 Å². The van der Waals surface area contributed by atoms with Crippen LogP contribution >= 0.6 is 23.8 Å². The molecule has 0 unspecified atom stereocenters. The Morgan fingerprint density at radius 1 is 0.972 bits per heavy atom. The third-order valence-corrected chi connectivity index (χ3v) is 8.80. The average molecular weight is 527 g/mol. The Morgan fingerprint density at radius 3 is 2.39 bits per heavy atom. The number of nitrogens with zero attached hydrogens (tertiary/aromatic N) is 4. The first-order chi connectivity index (χ1) is 17.5. The average Bonchev–Trinajstić information content (AvgIpc) is 3.39. The van der Waals surface area contributed by atoms with Crippen molar-refractivity contribution in [2.24, 2.45) is 0 Å². The second kappa shape index (κ2) is 11.5. The molecule has 0 amide bonds. The highest BCUT2D eigenvalue weighted by Gasteiger charge is 2.35. The van der Waals surface area contributed by atoms with E-state index in [0.717, 1.165) is 55.7 Å². The molecule has 6 nitrogen and oxygen atoms in total. The van der Waals surface area contributed by atoms with Crippen LogP contribution in [0.3, 0.4) is 0 Å². The Morgan fingerprint density at radius 2 is 1.67 bits per heavy atom. The first-order valence-electron chi connectivity index (χ1n) is 13.7. The minimum Gasteiger partial charge on any atom is -0.361 e. The van der Waals surface area contributed by atoms with Crippen molar-refractivity contribution in [2.75, 3.05) is 41.3 Å². The SMILES string of the molecule is C[C@H]1CCCCN1c1cc(N2CCCCC2)nc(NC(=S)NCC2(c3ccc(Cl)cc3)CCCC2)n1. The molecule has 3 aliphatic rings. The standard InChI is InChI=1S/C28H39ClN6S/c1-21-9-3-8-18-35(21)25-19-24(34-16-6-2-7-17-34)31-26(32-25)33-27(36)30-20-28(14-4-5-15-28)22-10-12-23(29)13-11-22/h10-13,19,21H,2-9,14-18,20H2,1H3,(H2,30,31,32,33,36)/t21-/m0/s1. The highest BCUT2D eigenvalue weighted by Crippen LogP contribution is 2.41. The number of rotatable bonds is 6. The van der Waals surface area contributed by atoms with Crippen LogP contribution in [0.15, 0.2) is 30.3 Å². The van der Waals surface area contributed by atoms with E-state index in [9.17, 15) is 0 Å². The lowest BCUT2D eigenvalue weighted by atomic mass is 9.79. The lowest BCUT2D eigenvalue weighted by Crippen LogP contribution is -2.41. The van der Waals surface area contributed by atoms with Crippen LogP contribution < -0.4 is 20.4 Å². The van der Waals surface area contributed by atoms with E-state index in [-0.39, 0.29) is 5.41 Å². The van der Waals surface area contributed by atoms with Crippen molar-refractivity contribution >= 4 is 46.5 Å². The van der Waals surface area contributed by atoms with Crippen LogP contribution in [0.5, 0.6) is 0 Å². The van der Waals surface area contributed by atoms with Gasteiger partial charge in [-0.3, -0.25) is 0 Å². The fourth-order valence-electron chi connectivity index (χ4n) is 6.17. The molecule has 1 aromatic heterocycles. The molecule has 194 valence electrons. The topological polar surface area (TPSA) is 56.3 Å². The number of aromatic nitrogens is 2. The van der Waals surface area contributed by atoms with Gasteiger partial charge in [0.15, 0.2) is 5.11 Å². The van der Waals surface area contributed by atoms with Gasteiger partial charge in [0, 0.05) is 48.7 Å². The summed E-state index contributed by atoms with van der Waals surface area (Å²) in [5.74, 6) is 2.61. The molecule has 0 spiro atoms. The van der Waals surface area contributed by atoms with Gasteiger partial charge >= 0.3 is 0 Å². The molecular formula is C28H39ClN6S. The van der Waals surface area contributed by atoms with Gasteiger partial charge in [-0.05, 0) is 88.2 Å². The van der Waals surface area contributed by atoms with E-state index in [0.29, 0.717) is 17.1 Å². The predicted octanol–water partition coefficient (Wildman–Crippen LogP) is 6.30. The lowest BCUT2D eigenvalue weighted by Gasteiger charge is -2.35. The summed E-state index contributed by atoms with van der Waals surface area (Å²) in [6.07, 6.45) is 12.2. The van der Waals surface area contributed by atoms with E-state index >= 15 is 0 Å². The van der Waals surface area contributed by atoms with Gasteiger partial charge in [0.2, 0.25) is 5.95 Å². The second-order valence-electron chi connectivity index (χ2n) is 10.8. The number of anilines is 3. The minimum absolute atomic E-state index is 0.0846. The Labute approximate surface area is 226 Å². The zero-order valence-corrected chi connectivity index (χ0v) is 23.0. The zero-order valence-electron chi connectivity index (χ0n) is 21.4. The van der Waals surface area contributed by atoms with E-state index in [2.05, 4.69) is 45.6 Å². The zero-order chi connectivity index (χ0) is 25.0. The van der Waals surface area contributed by atoms with E-state index in [1.807, 2.05) is 12.1 Å². The largest absolute Gasteiger partial charge is 0.361 e. The van der Waals surface area contributed by atoms with Crippen molar-refractivity contribution in [2.45, 2.75) is 82.6 Å². The first kappa shape index (κ1) is 25.5. The molecule has 2 N–H and O–H groups in total. The summed E-state index contributed by atoms with van der Waals surface area (Å²) >= 11 is 11.9. The molecule has 5 rings (SSSR count). The van der Waals surface area contributed by atoms with E-state index in [4.69, 9.17) is 33.8 Å². The molecule has 1 atom stereocenters. The van der Waals surface area contributed by atoms with Crippen molar-refractivity contribution in [1.29, 1.82) is 0 Å². The lowest BCUT2D eigenvalue weighted by molar-refractivity contribution is 0.435. The molecule has 36 heavy (non-hydrogen) atoms. The number of thiocarbonyl (C=S) groups is 1. The van der Waals surface area contributed by atoms with Gasteiger partial charge in [0.1, 0.15) is 11.6 Å². The monoisotopic (exact) mass is 526 g/mol. The van der Waals surface area contributed by atoms with Crippen LogP contribution in [0.25, 0.3) is 0 Å². The second-order valence-corrected chi connectivity index (χ2v) is 11.6. The third-order valence-electron chi connectivity index (χ3n) is 8.31. The Hall–Kier alpha value is -2.12. The quantitative estimate of drug-likeness (QED) is 0.428.